The summed E-state index contributed by atoms with van der Waals surface area (Å²) in [5.41, 5.74) is 3.25. The van der Waals surface area contributed by atoms with Gasteiger partial charge >= 0.3 is 0 Å². The molecule has 3 nitrogen and oxygen atoms in total. The van der Waals surface area contributed by atoms with Gasteiger partial charge in [-0.3, -0.25) is 4.90 Å². The number of H-pyrrole nitrogens is 1. The first-order chi connectivity index (χ1) is 11.3. The molecule has 0 amide bonds. The predicted molar refractivity (Wildman–Crippen MR) is 107 cm³/mol. The van der Waals surface area contributed by atoms with Crippen molar-refractivity contribution in [1.29, 1.82) is 0 Å². The molecule has 1 saturated heterocycles. The number of anilines is 1. The molecule has 6 heteroatoms. The maximum Gasteiger partial charge on any atom is 0.127 e. The molecule has 1 fully saturated rings. The number of nitrogens with zero attached hydrogens (tertiary/aromatic N) is 2. The highest BCUT2D eigenvalue weighted by Crippen LogP contribution is 2.27. The second-order valence-electron chi connectivity index (χ2n) is 6.07. The number of rotatable bonds is 3. The van der Waals surface area contributed by atoms with Gasteiger partial charge in [-0.1, -0.05) is 24.3 Å². The Bertz CT molecular complexity index is 813. The molecule has 0 radical (unpaired) electrons. The Labute approximate surface area is 159 Å². The molecule has 1 N–H and O–H groups in total. The van der Waals surface area contributed by atoms with Crippen LogP contribution in [0.3, 0.4) is 0 Å². The third kappa shape index (κ3) is 4.09. The molecule has 25 heavy (non-hydrogen) atoms. The molecule has 1 aromatic heterocycles. The largest absolute Gasteiger partial charge is 0.368 e. The highest BCUT2D eigenvalue weighted by atomic mass is 35.5. The minimum absolute atomic E-state index is 0. The normalized spacial score (nSPS) is 14.8. The van der Waals surface area contributed by atoms with Crippen molar-refractivity contribution in [3.63, 3.8) is 0 Å². The zero-order valence-electron chi connectivity index (χ0n) is 13.8. The highest BCUT2D eigenvalue weighted by molar-refractivity contribution is 5.92. The van der Waals surface area contributed by atoms with Crippen molar-refractivity contribution in [2.24, 2.45) is 0 Å². The zero-order chi connectivity index (χ0) is 15.6. The van der Waals surface area contributed by atoms with Crippen LogP contribution in [-0.2, 0) is 6.54 Å². The van der Waals surface area contributed by atoms with Crippen LogP contribution >= 0.6 is 24.8 Å². The molecule has 0 bridgehead atoms. The van der Waals surface area contributed by atoms with E-state index in [1.807, 2.05) is 18.3 Å². The van der Waals surface area contributed by atoms with Gasteiger partial charge in [-0.05, 0) is 24.3 Å². The van der Waals surface area contributed by atoms with Gasteiger partial charge in [0.2, 0.25) is 0 Å². The van der Waals surface area contributed by atoms with Crippen LogP contribution in [-0.4, -0.2) is 36.1 Å². The third-order valence-electron chi connectivity index (χ3n) is 4.64. The fourth-order valence-electron chi connectivity index (χ4n) is 3.36. The molecule has 2 heterocycles. The van der Waals surface area contributed by atoms with Crippen LogP contribution in [0.25, 0.3) is 10.9 Å². The maximum atomic E-state index is 13.8. The maximum absolute atomic E-state index is 13.8. The Hall–Kier alpha value is -1.75. The number of halogens is 3. The van der Waals surface area contributed by atoms with E-state index in [9.17, 15) is 4.39 Å². The highest BCUT2D eigenvalue weighted by Gasteiger charge is 2.19. The van der Waals surface area contributed by atoms with E-state index in [1.54, 1.807) is 6.07 Å². The number of piperazine rings is 1. The minimum Gasteiger partial charge on any atom is -0.368 e. The van der Waals surface area contributed by atoms with Crippen LogP contribution in [0.1, 0.15) is 5.56 Å². The van der Waals surface area contributed by atoms with E-state index < -0.39 is 0 Å². The topological polar surface area (TPSA) is 22.3 Å². The van der Waals surface area contributed by atoms with E-state index in [0.717, 1.165) is 31.7 Å². The minimum atomic E-state index is -0.105. The lowest BCUT2D eigenvalue weighted by Crippen LogP contribution is -2.46. The van der Waals surface area contributed by atoms with Crippen molar-refractivity contribution < 1.29 is 4.39 Å². The summed E-state index contributed by atoms with van der Waals surface area (Å²) in [5.74, 6) is -0.105. The van der Waals surface area contributed by atoms with Crippen LogP contribution < -0.4 is 4.90 Å². The molecule has 0 aliphatic carbocycles. The lowest BCUT2D eigenvalue weighted by molar-refractivity contribution is 0.247. The van der Waals surface area contributed by atoms with Gasteiger partial charge in [-0.2, -0.15) is 0 Å². The van der Waals surface area contributed by atoms with Gasteiger partial charge in [-0.15, -0.1) is 24.8 Å². The lowest BCUT2D eigenvalue weighted by atomic mass is 10.1. The number of aromatic amines is 1. The summed E-state index contributed by atoms with van der Waals surface area (Å²) in [5, 5.41) is 1.27. The van der Waals surface area contributed by atoms with Gasteiger partial charge in [0.05, 0.1) is 0 Å². The van der Waals surface area contributed by atoms with Crippen LogP contribution in [0.2, 0.25) is 0 Å². The second kappa shape index (κ2) is 8.56. The van der Waals surface area contributed by atoms with E-state index >= 15 is 0 Å². The number of aromatic nitrogens is 1. The summed E-state index contributed by atoms with van der Waals surface area (Å²) < 4.78 is 13.8. The summed E-state index contributed by atoms with van der Waals surface area (Å²) >= 11 is 0. The van der Waals surface area contributed by atoms with Crippen molar-refractivity contribution in [2.75, 3.05) is 31.1 Å². The van der Waals surface area contributed by atoms with E-state index in [-0.39, 0.29) is 30.6 Å². The number of hydrogen-bond acceptors (Lipinski definition) is 2. The molecular weight excluding hydrogens is 360 g/mol. The van der Waals surface area contributed by atoms with Gasteiger partial charge in [0.15, 0.2) is 0 Å². The van der Waals surface area contributed by atoms with Gasteiger partial charge < -0.3 is 9.88 Å². The summed E-state index contributed by atoms with van der Waals surface area (Å²) in [6.07, 6.45) is 1.99. The van der Waals surface area contributed by atoms with E-state index in [4.69, 9.17) is 0 Å². The van der Waals surface area contributed by atoms with Crippen LogP contribution in [0.4, 0.5) is 10.1 Å². The molecule has 1 aliphatic heterocycles. The molecule has 3 aromatic rings. The van der Waals surface area contributed by atoms with Gasteiger partial charge in [-0.25, -0.2) is 4.39 Å². The van der Waals surface area contributed by atoms with Crippen molar-refractivity contribution in [2.45, 2.75) is 6.54 Å². The number of benzene rings is 2. The Kier molecular flexibility index (Phi) is 6.71. The van der Waals surface area contributed by atoms with Crippen molar-refractivity contribution >= 4 is 41.4 Å². The summed E-state index contributed by atoms with van der Waals surface area (Å²) in [4.78, 5) is 8.02. The second-order valence-corrected chi connectivity index (χ2v) is 6.07. The average molecular weight is 382 g/mol. The van der Waals surface area contributed by atoms with Crippen molar-refractivity contribution in [3.05, 3.63) is 66.1 Å². The van der Waals surface area contributed by atoms with Gasteiger partial charge in [0, 0.05) is 61.1 Å². The first-order valence-corrected chi connectivity index (χ1v) is 8.08. The summed E-state index contributed by atoms with van der Waals surface area (Å²) in [6, 6.07) is 15.6. The molecule has 0 atom stereocenters. The van der Waals surface area contributed by atoms with Crippen molar-refractivity contribution in [3.8, 4) is 0 Å². The molecule has 134 valence electrons. The SMILES string of the molecule is Cl.Cl.Fc1ccccc1CN1CCN(c2cccc3[nH]ccc23)CC1. The van der Waals surface area contributed by atoms with Gasteiger partial charge in [0.1, 0.15) is 5.82 Å². The molecule has 0 spiro atoms. The molecule has 0 saturated carbocycles. The first kappa shape index (κ1) is 19.6. The standard InChI is InChI=1S/C19H20FN3.2ClH/c20-17-5-2-1-4-15(17)14-22-10-12-23(13-11-22)19-7-3-6-18-16(19)8-9-21-18;;/h1-9,21H,10-14H2;2*1H. The van der Waals surface area contributed by atoms with E-state index in [0.29, 0.717) is 6.54 Å². The molecule has 0 unspecified atom stereocenters. The summed E-state index contributed by atoms with van der Waals surface area (Å²) in [6.45, 7) is 4.54. The third-order valence-corrected chi connectivity index (χ3v) is 4.64. The molecular formula is C19H22Cl2FN3. The summed E-state index contributed by atoms with van der Waals surface area (Å²) in [7, 11) is 0. The Morgan fingerprint density at radius 1 is 0.880 bits per heavy atom. The first-order valence-electron chi connectivity index (χ1n) is 8.08. The molecule has 1 aliphatic rings. The van der Waals surface area contributed by atoms with E-state index in [1.165, 1.54) is 22.7 Å². The lowest BCUT2D eigenvalue weighted by Gasteiger charge is -2.36. The predicted octanol–water partition coefficient (Wildman–Crippen LogP) is 4.47. The van der Waals surface area contributed by atoms with E-state index in [2.05, 4.69) is 39.0 Å². The number of nitrogens with one attached hydrogen (secondary N) is 1. The van der Waals surface area contributed by atoms with Crippen molar-refractivity contribution in [1.82, 2.24) is 9.88 Å². The number of hydrogen-bond donors (Lipinski definition) is 1. The Morgan fingerprint density at radius 3 is 2.40 bits per heavy atom. The molecule has 2 aromatic carbocycles. The van der Waals surface area contributed by atoms with Crippen LogP contribution in [0.5, 0.6) is 0 Å². The van der Waals surface area contributed by atoms with Crippen LogP contribution in [0, 0.1) is 5.82 Å². The quantitative estimate of drug-likeness (QED) is 0.722. The Balaban J connectivity index is 0.00000113. The Morgan fingerprint density at radius 2 is 1.64 bits per heavy atom. The zero-order valence-corrected chi connectivity index (χ0v) is 15.5. The van der Waals surface area contributed by atoms with Crippen LogP contribution in [0.15, 0.2) is 54.7 Å². The van der Waals surface area contributed by atoms with Gasteiger partial charge in [0.25, 0.3) is 0 Å². The molecule has 4 rings (SSSR count). The monoisotopic (exact) mass is 381 g/mol. The number of fused-ring (bicyclic) bond motifs is 1. The fourth-order valence-corrected chi connectivity index (χ4v) is 3.36. The smallest absolute Gasteiger partial charge is 0.127 e. The average Bonchev–Trinajstić information content (AvgIpc) is 3.06. The fraction of sp³-hybridized carbons (Fsp3) is 0.263.